The molecule has 1 heterocycles. The zero-order chi connectivity index (χ0) is 11.7. The molecule has 84 valence electrons. The lowest BCUT2D eigenvalue weighted by Gasteiger charge is -2.07. The number of hydrogen-bond donors (Lipinski definition) is 0. The SMILES string of the molecule is Cc1cc(C)c2nc(Cl)c(CCCl)cc2c1. The summed E-state index contributed by atoms with van der Waals surface area (Å²) in [5.74, 6) is 0.567. The van der Waals surface area contributed by atoms with Crippen molar-refractivity contribution >= 4 is 34.1 Å². The average Bonchev–Trinajstić information content (AvgIpc) is 2.21. The van der Waals surface area contributed by atoms with E-state index < -0.39 is 0 Å². The van der Waals surface area contributed by atoms with Crippen LogP contribution in [0, 0.1) is 13.8 Å². The van der Waals surface area contributed by atoms with Gasteiger partial charge in [-0.3, -0.25) is 0 Å². The van der Waals surface area contributed by atoms with E-state index in [0.29, 0.717) is 11.0 Å². The molecule has 16 heavy (non-hydrogen) atoms. The summed E-state index contributed by atoms with van der Waals surface area (Å²) in [4.78, 5) is 4.44. The van der Waals surface area contributed by atoms with Gasteiger partial charge in [-0.1, -0.05) is 23.2 Å². The minimum absolute atomic E-state index is 0.567. The molecule has 0 bridgehead atoms. The third-order valence-electron chi connectivity index (χ3n) is 2.64. The van der Waals surface area contributed by atoms with Gasteiger partial charge in [0.2, 0.25) is 0 Å². The first-order chi connectivity index (χ1) is 7.61. The highest BCUT2D eigenvalue weighted by Crippen LogP contribution is 2.24. The zero-order valence-electron chi connectivity index (χ0n) is 9.35. The molecule has 0 saturated heterocycles. The number of halogens is 2. The number of aromatic nitrogens is 1. The van der Waals surface area contributed by atoms with Crippen molar-refractivity contribution in [2.45, 2.75) is 20.3 Å². The van der Waals surface area contributed by atoms with Crippen molar-refractivity contribution in [3.8, 4) is 0 Å². The zero-order valence-corrected chi connectivity index (χ0v) is 10.9. The van der Waals surface area contributed by atoms with Gasteiger partial charge in [0, 0.05) is 11.3 Å². The van der Waals surface area contributed by atoms with E-state index in [1.807, 2.05) is 0 Å². The van der Waals surface area contributed by atoms with Gasteiger partial charge in [0.15, 0.2) is 0 Å². The molecule has 1 aromatic carbocycles. The molecule has 0 spiro atoms. The third-order valence-corrected chi connectivity index (χ3v) is 3.16. The van der Waals surface area contributed by atoms with E-state index in [1.165, 1.54) is 5.56 Å². The van der Waals surface area contributed by atoms with Crippen LogP contribution in [0.25, 0.3) is 10.9 Å². The van der Waals surface area contributed by atoms with Crippen molar-refractivity contribution in [1.82, 2.24) is 4.98 Å². The first-order valence-electron chi connectivity index (χ1n) is 5.24. The van der Waals surface area contributed by atoms with Crippen molar-refractivity contribution in [3.63, 3.8) is 0 Å². The Hall–Kier alpha value is -0.790. The quantitative estimate of drug-likeness (QED) is 0.575. The molecule has 0 amide bonds. The van der Waals surface area contributed by atoms with Crippen LogP contribution in [-0.2, 0) is 6.42 Å². The second kappa shape index (κ2) is 4.60. The number of rotatable bonds is 2. The smallest absolute Gasteiger partial charge is 0.133 e. The van der Waals surface area contributed by atoms with Crippen LogP contribution >= 0.6 is 23.2 Å². The van der Waals surface area contributed by atoms with Crippen LogP contribution in [0.4, 0.5) is 0 Å². The molecule has 0 saturated carbocycles. The Bertz CT molecular complexity index is 535. The van der Waals surface area contributed by atoms with E-state index in [0.717, 1.165) is 28.5 Å². The highest BCUT2D eigenvalue weighted by atomic mass is 35.5. The maximum Gasteiger partial charge on any atom is 0.133 e. The fraction of sp³-hybridized carbons (Fsp3) is 0.308. The summed E-state index contributed by atoms with van der Waals surface area (Å²) in [5.41, 5.74) is 4.41. The van der Waals surface area contributed by atoms with Gasteiger partial charge in [-0.25, -0.2) is 4.98 Å². The molecule has 0 atom stereocenters. The highest BCUT2D eigenvalue weighted by molar-refractivity contribution is 6.30. The molecule has 0 radical (unpaired) electrons. The molecule has 0 N–H and O–H groups in total. The Kier molecular flexibility index (Phi) is 3.36. The molecule has 1 nitrogen and oxygen atoms in total. The van der Waals surface area contributed by atoms with Crippen LogP contribution in [0.15, 0.2) is 18.2 Å². The third kappa shape index (κ3) is 2.16. The summed E-state index contributed by atoms with van der Waals surface area (Å²) in [6, 6.07) is 6.34. The number of pyridine rings is 1. The van der Waals surface area contributed by atoms with Crippen LogP contribution in [0.5, 0.6) is 0 Å². The van der Waals surface area contributed by atoms with E-state index in [1.54, 1.807) is 0 Å². The predicted molar refractivity (Wildman–Crippen MR) is 70.7 cm³/mol. The van der Waals surface area contributed by atoms with Crippen molar-refractivity contribution in [3.05, 3.63) is 40.0 Å². The van der Waals surface area contributed by atoms with E-state index in [9.17, 15) is 0 Å². The predicted octanol–water partition coefficient (Wildman–Crippen LogP) is 4.29. The molecule has 0 aliphatic carbocycles. The summed E-state index contributed by atoms with van der Waals surface area (Å²) in [7, 11) is 0. The van der Waals surface area contributed by atoms with Crippen LogP contribution in [-0.4, -0.2) is 10.9 Å². The fourth-order valence-electron chi connectivity index (χ4n) is 1.95. The molecule has 0 aliphatic rings. The molecule has 1 aromatic heterocycles. The number of nitrogens with zero attached hydrogens (tertiary/aromatic N) is 1. The molecule has 2 rings (SSSR count). The lowest BCUT2D eigenvalue weighted by atomic mass is 10.0. The minimum Gasteiger partial charge on any atom is -0.236 e. The Balaban J connectivity index is 2.69. The molecule has 0 fully saturated rings. The topological polar surface area (TPSA) is 12.9 Å². The molecule has 3 heteroatoms. The summed E-state index contributed by atoms with van der Waals surface area (Å²) in [5, 5.41) is 1.71. The Morgan fingerprint density at radius 2 is 1.94 bits per heavy atom. The van der Waals surface area contributed by atoms with Gasteiger partial charge < -0.3 is 0 Å². The second-order valence-corrected chi connectivity index (χ2v) is 4.77. The van der Waals surface area contributed by atoms with Crippen LogP contribution in [0.2, 0.25) is 5.15 Å². The van der Waals surface area contributed by atoms with E-state index in [2.05, 4.69) is 37.0 Å². The molecular weight excluding hydrogens is 241 g/mol. The molecule has 0 unspecified atom stereocenters. The normalized spacial score (nSPS) is 11.0. The standard InChI is InChI=1S/C13H13Cl2N/c1-8-5-9(2)12-11(6-8)7-10(3-4-14)13(15)16-12/h5-7H,3-4H2,1-2H3. The van der Waals surface area contributed by atoms with Gasteiger partial charge in [0.25, 0.3) is 0 Å². The summed E-state index contributed by atoms with van der Waals surface area (Å²) >= 11 is 11.9. The number of fused-ring (bicyclic) bond motifs is 1. The lowest BCUT2D eigenvalue weighted by molar-refractivity contribution is 1.13. The summed E-state index contributed by atoms with van der Waals surface area (Å²) in [6.07, 6.45) is 0.760. The minimum atomic E-state index is 0.567. The fourth-order valence-corrected chi connectivity index (χ4v) is 2.39. The number of hydrogen-bond acceptors (Lipinski definition) is 1. The van der Waals surface area contributed by atoms with Gasteiger partial charge >= 0.3 is 0 Å². The average molecular weight is 254 g/mol. The van der Waals surface area contributed by atoms with E-state index in [4.69, 9.17) is 23.2 Å². The van der Waals surface area contributed by atoms with Crippen LogP contribution < -0.4 is 0 Å². The van der Waals surface area contributed by atoms with Gasteiger partial charge in [0.1, 0.15) is 5.15 Å². The van der Waals surface area contributed by atoms with Crippen molar-refractivity contribution in [2.75, 3.05) is 5.88 Å². The van der Waals surface area contributed by atoms with Crippen molar-refractivity contribution in [2.24, 2.45) is 0 Å². The number of alkyl halides is 1. The van der Waals surface area contributed by atoms with Crippen LogP contribution in [0.3, 0.4) is 0 Å². The molecule has 2 aromatic rings. The van der Waals surface area contributed by atoms with Crippen molar-refractivity contribution in [1.29, 1.82) is 0 Å². The first kappa shape index (κ1) is 11.7. The first-order valence-corrected chi connectivity index (χ1v) is 6.15. The van der Waals surface area contributed by atoms with Gasteiger partial charge in [-0.2, -0.15) is 0 Å². The summed E-state index contributed by atoms with van der Waals surface area (Å²) < 4.78 is 0. The largest absolute Gasteiger partial charge is 0.236 e. The van der Waals surface area contributed by atoms with Crippen LogP contribution in [0.1, 0.15) is 16.7 Å². The Morgan fingerprint density at radius 1 is 1.19 bits per heavy atom. The summed E-state index contributed by atoms with van der Waals surface area (Å²) in [6.45, 7) is 4.14. The van der Waals surface area contributed by atoms with Gasteiger partial charge in [-0.05, 0) is 43.5 Å². The molecule has 0 aliphatic heterocycles. The maximum absolute atomic E-state index is 6.12. The second-order valence-electron chi connectivity index (χ2n) is 4.03. The van der Waals surface area contributed by atoms with E-state index in [-0.39, 0.29) is 0 Å². The maximum atomic E-state index is 6.12. The number of aryl methyl sites for hydroxylation is 3. The van der Waals surface area contributed by atoms with Gasteiger partial charge in [0.05, 0.1) is 5.52 Å². The van der Waals surface area contributed by atoms with Gasteiger partial charge in [-0.15, -0.1) is 11.6 Å². The molecular formula is C13H13Cl2N. The monoisotopic (exact) mass is 253 g/mol. The number of benzene rings is 1. The lowest BCUT2D eigenvalue weighted by Crippen LogP contribution is -1.93. The van der Waals surface area contributed by atoms with E-state index >= 15 is 0 Å². The Morgan fingerprint density at radius 3 is 2.62 bits per heavy atom. The highest BCUT2D eigenvalue weighted by Gasteiger charge is 2.06. The Labute approximate surface area is 105 Å². The van der Waals surface area contributed by atoms with Crippen molar-refractivity contribution < 1.29 is 0 Å².